The van der Waals surface area contributed by atoms with Crippen molar-refractivity contribution in [1.82, 2.24) is 10.6 Å². The highest BCUT2D eigenvalue weighted by Gasteiger charge is 2.28. The number of methoxy groups -OCH3 is 1. The van der Waals surface area contributed by atoms with Crippen molar-refractivity contribution < 1.29 is 9.53 Å². The van der Waals surface area contributed by atoms with Crippen molar-refractivity contribution in [2.75, 3.05) is 20.2 Å². The summed E-state index contributed by atoms with van der Waals surface area (Å²) in [5.41, 5.74) is 0. The van der Waals surface area contributed by atoms with Crippen molar-refractivity contribution in [3.8, 4) is 0 Å². The SMILES string of the molecule is COC1CCCC1NC(=O)CNCC1CC1. The minimum absolute atomic E-state index is 0.106. The van der Waals surface area contributed by atoms with E-state index in [1.807, 2.05) is 0 Å². The van der Waals surface area contributed by atoms with Crippen LogP contribution in [-0.4, -0.2) is 38.3 Å². The average Bonchev–Trinajstić information content (AvgIpc) is 2.98. The van der Waals surface area contributed by atoms with Crippen LogP contribution in [0.1, 0.15) is 32.1 Å². The van der Waals surface area contributed by atoms with Crippen LogP contribution in [0.3, 0.4) is 0 Å². The first kappa shape index (κ1) is 11.9. The topological polar surface area (TPSA) is 50.4 Å². The fourth-order valence-corrected chi connectivity index (χ4v) is 2.34. The molecule has 2 unspecified atom stereocenters. The lowest BCUT2D eigenvalue weighted by Gasteiger charge is -2.19. The van der Waals surface area contributed by atoms with E-state index < -0.39 is 0 Å². The van der Waals surface area contributed by atoms with E-state index in [9.17, 15) is 4.79 Å². The molecule has 16 heavy (non-hydrogen) atoms. The quantitative estimate of drug-likeness (QED) is 0.700. The van der Waals surface area contributed by atoms with Crippen molar-refractivity contribution in [2.24, 2.45) is 5.92 Å². The molecule has 2 aliphatic rings. The van der Waals surface area contributed by atoms with Gasteiger partial charge in [0, 0.05) is 7.11 Å². The van der Waals surface area contributed by atoms with Gasteiger partial charge < -0.3 is 15.4 Å². The molecular weight excluding hydrogens is 204 g/mol. The fourth-order valence-electron chi connectivity index (χ4n) is 2.34. The second-order valence-electron chi connectivity index (χ2n) is 4.95. The molecule has 92 valence electrons. The molecule has 0 aliphatic heterocycles. The zero-order valence-corrected chi connectivity index (χ0v) is 10.00. The predicted molar refractivity (Wildman–Crippen MR) is 62.2 cm³/mol. The number of carbonyl (C=O) groups excluding carboxylic acids is 1. The maximum absolute atomic E-state index is 11.6. The van der Waals surface area contributed by atoms with Crippen LogP contribution in [0.15, 0.2) is 0 Å². The van der Waals surface area contributed by atoms with Gasteiger partial charge in [0.1, 0.15) is 0 Å². The van der Waals surface area contributed by atoms with Crippen LogP contribution in [-0.2, 0) is 9.53 Å². The van der Waals surface area contributed by atoms with Gasteiger partial charge in [0.15, 0.2) is 0 Å². The van der Waals surface area contributed by atoms with Gasteiger partial charge in [0.05, 0.1) is 18.7 Å². The number of carbonyl (C=O) groups is 1. The van der Waals surface area contributed by atoms with Crippen molar-refractivity contribution in [1.29, 1.82) is 0 Å². The minimum atomic E-state index is 0.106. The molecule has 0 aromatic heterocycles. The lowest BCUT2D eigenvalue weighted by molar-refractivity contribution is -0.121. The normalized spacial score (nSPS) is 29.3. The minimum Gasteiger partial charge on any atom is -0.379 e. The highest BCUT2D eigenvalue weighted by atomic mass is 16.5. The third-order valence-corrected chi connectivity index (χ3v) is 3.52. The highest BCUT2D eigenvalue weighted by Crippen LogP contribution is 2.27. The van der Waals surface area contributed by atoms with E-state index in [-0.39, 0.29) is 18.1 Å². The van der Waals surface area contributed by atoms with Gasteiger partial charge in [-0.25, -0.2) is 0 Å². The summed E-state index contributed by atoms with van der Waals surface area (Å²) in [6.07, 6.45) is 6.13. The van der Waals surface area contributed by atoms with Crippen molar-refractivity contribution in [3.05, 3.63) is 0 Å². The maximum atomic E-state index is 11.6. The molecule has 2 N–H and O–H groups in total. The van der Waals surface area contributed by atoms with Crippen molar-refractivity contribution >= 4 is 5.91 Å². The van der Waals surface area contributed by atoms with Gasteiger partial charge in [-0.1, -0.05) is 0 Å². The van der Waals surface area contributed by atoms with E-state index in [0.717, 1.165) is 31.7 Å². The van der Waals surface area contributed by atoms with Crippen LogP contribution in [0.2, 0.25) is 0 Å². The standard InChI is InChI=1S/C12H22N2O2/c1-16-11-4-2-3-10(11)14-12(15)8-13-7-9-5-6-9/h9-11,13H,2-8H2,1H3,(H,14,15). The van der Waals surface area contributed by atoms with Crippen LogP contribution in [0.5, 0.6) is 0 Å². The monoisotopic (exact) mass is 226 g/mol. The van der Waals surface area contributed by atoms with Gasteiger partial charge in [-0.2, -0.15) is 0 Å². The van der Waals surface area contributed by atoms with Crippen LogP contribution in [0, 0.1) is 5.92 Å². The molecule has 2 aliphatic carbocycles. The number of ether oxygens (including phenoxy) is 1. The molecule has 0 heterocycles. The predicted octanol–water partition coefficient (Wildman–Crippen LogP) is 0.670. The Morgan fingerprint density at radius 2 is 2.12 bits per heavy atom. The van der Waals surface area contributed by atoms with Gasteiger partial charge in [0.25, 0.3) is 0 Å². The van der Waals surface area contributed by atoms with E-state index in [1.165, 1.54) is 12.8 Å². The molecule has 0 spiro atoms. The molecule has 2 rings (SSSR count). The van der Waals surface area contributed by atoms with E-state index in [0.29, 0.717) is 6.54 Å². The zero-order chi connectivity index (χ0) is 11.4. The Kier molecular flexibility index (Phi) is 4.18. The van der Waals surface area contributed by atoms with Crippen LogP contribution in [0.4, 0.5) is 0 Å². The molecule has 0 saturated heterocycles. The lowest BCUT2D eigenvalue weighted by atomic mass is 10.2. The number of rotatable bonds is 6. The summed E-state index contributed by atoms with van der Waals surface area (Å²) >= 11 is 0. The highest BCUT2D eigenvalue weighted by molar-refractivity contribution is 5.78. The number of nitrogens with one attached hydrogen (secondary N) is 2. The van der Waals surface area contributed by atoms with E-state index in [2.05, 4.69) is 10.6 Å². The van der Waals surface area contributed by atoms with Gasteiger partial charge in [-0.05, 0) is 44.6 Å². The van der Waals surface area contributed by atoms with Gasteiger partial charge in [0.2, 0.25) is 5.91 Å². The van der Waals surface area contributed by atoms with Crippen LogP contribution >= 0.6 is 0 Å². The summed E-state index contributed by atoms with van der Waals surface area (Å²) in [7, 11) is 1.72. The first-order valence-corrected chi connectivity index (χ1v) is 6.32. The summed E-state index contributed by atoms with van der Waals surface area (Å²) in [5, 5.41) is 6.25. The zero-order valence-electron chi connectivity index (χ0n) is 10.00. The molecular formula is C12H22N2O2. The second-order valence-corrected chi connectivity index (χ2v) is 4.95. The molecule has 0 aromatic rings. The lowest BCUT2D eigenvalue weighted by Crippen LogP contribution is -2.44. The Hall–Kier alpha value is -0.610. The Labute approximate surface area is 97.1 Å². The number of hydrogen-bond acceptors (Lipinski definition) is 3. The molecule has 1 amide bonds. The van der Waals surface area contributed by atoms with Gasteiger partial charge in [-0.15, -0.1) is 0 Å². The summed E-state index contributed by atoms with van der Waals surface area (Å²) < 4.78 is 5.34. The van der Waals surface area contributed by atoms with Gasteiger partial charge >= 0.3 is 0 Å². The first-order chi connectivity index (χ1) is 7.79. The smallest absolute Gasteiger partial charge is 0.234 e. The maximum Gasteiger partial charge on any atom is 0.234 e. The molecule has 2 saturated carbocycles. The van der Waals surface area contributed by atoms with Gasteiger partial charge in [-0.3, -0.25) is 4.79 Å². The van der Waals surface area contributed by atoms with E-state index in [4.69, 9.17) is 4.74 Å². The average molecular weight is 226 g/mol. The van der Waals surface area contributed by atoms with Crippen molar-refractivity contribution in [2.45, 2.75) is 44.2 Å². The summed E-state index contributed by atoms with van der Waals surface area (Å²) in [6.45, 7) is 1.44. The Morgan fingerprint density at radius 1 is 1.31 bits per heavy atom. The molecule has 4 heteroatoms. The van der Waals surface area contributed by atoms with E-state index in [1.54, 1.807) is 7.11 Å². The molecule has 0 bridgehead atoms. The Morgan fingerprint density at radius 3 is 2.81 bits per heavy atom. The molecule has 2 fully saturated rings. The fraction of sp³-hybridized carbons (Fsp3) is 0.917. The largest absolute Gasteiger partial charge is 0.379 e. The number of amides is 1. The molecule has 0 radical (unpaired) electrons. The summed E-state index contributed by atoms with van der Waals surface area (Å²) in [5.74, 6) is 0.931. The summed E-state index contributed by atoms with van der Waals surface area (Å²) in [4.78, 5) is 11.6. The third-order valence-electron chi connectivity index (χ3n) is 3.52. The van der Waals surface area contributed by atoms with Crippen LogP contribution < -0.4 is 10.6 Å². The summed E-state index contributed by atoms with van der Waals surface area (Å²) in [6, 6.07) is 0.222. The third kappa shape index (κ3) is 3.46. The molecule has 2 atom stereocenters. The van der Waals surface area contributed by atoms with Crippen molar-refractivity contribution in [3.63, 3.8) is 0 Å². The van der Waals surface area contributed by atoms with Crippen LogP contribution in [0.25, 0.3) is 0 Å². The second kappa shape index (κ2) is 5.64. The van der Waals surface area contributed by atoms with E-state index >= 15 is 0 Å². The number of hydrogen-bond donors (Lipinski definition) is 2. The Bertz CT molecular complexity index is 241. The first-order valence-electron chi connectivity index (χ1n) is 6.32. The molecule has 4 nitrogen and oxygen atoms in total. The Balaban J connectivity index is 1.61. The molecule has 0 aromatic carbocycles.